The number of carbonyl (C=O) groups is 1. The molecule has 1 aliphatic rings. The SMILES string of the molecule is CN(C)CCN(C)Cc1noc([C@H](CCCC2CCCCC2)CC(=O)OC(C)(C)C)n1. The fraction of sp³-hybridized carbons (Fsp3) is 0.875. The summed E-state index contributed by atoms with van der Waals surface area (Å²) in [5, 5.41) is 4.19. The van der Waals surface area contributed by atoms with Gasteiger partial charge in [0.25, 0.3) is 0 Å². The van der Waals surface area contributed by atoms with E-state index in [2.05, 4.69) is 41.1 Å². The molecule has 0 spiro atoms. The van der Waals surface area contributed by atoms with Gasteiger partial charge in [-0.1, -0.05) is 50.1 Å². The highest BCUT2D eigenvalue weighted by Gasteiger charge is 2.26. The topological polar surface area (TPSA) is 71.7 Å². The van der Waals surface area contributed by atoms with E-state index in [1.165, 1.54) is 38.5 Å². The minimum atomic E-state index is -0.487. The zero-order chi connectivity index (χ0) is 22.9. The summed E-state index contributed by atoms with van der Waals surface area (Å²) in [4.78, 5) is 21.5. The summed E-state index contributed by atoms with van der Waals surface area (Å²) in [5.41, 5.74) is -0.487. The first kappa shape index (κ1) is 25.8. The lowest BCUT2D eigenvalue weighted by molar-refractivity contribution is -0.155. The molecule has 178 valence electrons. The third kappa shape index (κ3) is 10.6. The van der Waals surface area contributed by atoms with Crippen LogP contribution in [0.25, 0.3) is 0 Å². The maximum Gasteiger partial charge on any atom is 0.307 e. The fourth-order valence-electron chi connectivity index (χ4n) is 4.21. The van der Waals surface area contributed by atoms with Crippen LogP contribution >= 0.6 is 0 Å². The van der Waals surface area contributed by atoms with Crippen molar-refractivity contribution < 1.29 is 14.1 Å². The first-order chi connectivity index (χ1) is 14.6. The first-order valence-corrected chi connectivity index (χ1v) is 12.0. The van der Waals surface area contributed by atoms with Crippen molar-refractivity contribution in [1.29, 1.82) is 0 Å². The molecule has 7 nitrogen and oxygen atoms in total. The predicted octanol–water partition coefficient (Wildman–Crippen LogP) is 4.63. The Morgan fingerprint density at radius 3 is 2.52 bits per heavy atom. The van der Waals surface area contributed by atoms with Gasteiger partial charge in [0.2, 0.25) is 5.89 Å². The van der Waals surface area contributed by atoms with Crippen LogP contribution in [-0.2, 0) is 16.1 Å². The summed E-state index contributed by atoms with van der Waals surface area (Å²) in [6.45, 7) is 8.24. The number of likely N-dealkylation sites (N-methyl/N-ethyl adjacent to an activating group) is 2. The second-order valence-electron chi connectivity index (χ2n) is 10.5. The Balaban J connectivity index is 1.96. The molecule has 1 aromatic rings. The third-order valence-corrected chi connectivity index (χ3v) is 5.90. The van der Waals surface area contributed by atoms with Crippen molar-refractivity contribution in [2.24, 2.45) is 5.92 Å². The number of ether oxygens (including phenoxy) is 1. The van der Waals surface area contributed by atoms with Gasteiger partial charge in [-0.25, -0.2) is 0 Å². The molecule has 1 fully saturated rings. The van der Waals surface area contributed by atoms with Crippen LogP contribution in [0.5, 0.6) is 0 Å². The summed E-state index contributed by atoms with van der Waals surface area (Å²) in [6, 6.07) is 0. The zero-order valence-corrected chi connectivity index (χ0v) is 20.7. The number of hydrogen-bond acceptors (Lipinski definition) is 7. The highest BCUT2D eigenvalue weighted by molar-refractivity contribution is 5.70. The van der Waals surface area contributed by atoms with Gasteiger partial charge < -0.3 is 14.2 Å². The smallest absolute Gasteiger partial charge is 0.307 e. The Morgan fingerprint density at radius 1 is 1.16 bits per heavy atom. The average Bonchev–Trinajstić information content (AvgIpc) is 3.13. The van der Waals surface area contributed by atoms with Gasteiger partial charge in [0.05, 0.1) is 13.0 Å². The maximum absolute atomic E-state index is 12.5. The van der Waals surface area contributed by atoms with Crippen LogP contribution < -0.4 is 0 Å². The predicted molar refractivity (Wildman–Crippen MR) is 123 cm³/mol. The van der Waals surface area contributed by atoms with Gasteiger partial charge in [0, 0.05) is 19.0 Å². The number of carbonyl (C=O) groups excluding carboxylic acids is 1. The van der Waals surface area contributed by atoms with Gasteiger partial charge >= 0.3 is 5.97 Å². The van der Waals surface area contributed by atoms with Gasteiger partial charge in [0.15, 0.2) is 5.82 Å². The first-order valence-electron chi connectivity index (χ1n) is 12.0. The van der Waals surface area contributed by atoms with Gasteiger partial charge in [-0.3, -0.25) is 9.69 Å². The molecule has 1 aromatic heterocycles. The Labute approximate surface area is 188 Å². The summed E-state index contributed by atoms with van der Waals surface area (Å²) >= 11 is 0. The summed E-state index contributed by atoms with van der Waals surface area (Å²) < 4.78 is 11.2. The van der Waals surface area contributed by atoms with Crippen molar-refractivity contribution in [1.82, 2.24) is 19.9 Å². The van der Waals surface area contributed by atoms with Crippen LogP contribution in [0.4, 0.5) is 0 Å². The maximum atomic E-state index is 12.5. The minimum Gasteiger partial charge on any atom is -0.460 e. The van der Waals surface area contributed by atoms with Crippen LogP contribution in [0.3, 0.4) is 0 Å². The van der Waals surface area contributed by atoms with Gasteiger partial charge in [-0.15, -0.1) is 0 Å². The lowest BCUT2D eigenvalue weighted by Crippen LogP contribution is -2.28. The molecule has 31 heavy (non-hydrogen) atoms. The largest absolute Gasteiger partial charge is 0.460 e. The molecule has 7 heteroatoms. The van der Waals surface area contributed by atoms with E-state index in [1.54, 1.807) is 0 Å². The van der Waals surface area contributed by atoms with Crippen LogP contribution in [-0.4, -0.2) is 65.7 Å². The standard InChI is InChI=1S/C24H44N4O3/c1-24(2,3)30-22(29)17-20(14-10-13-19-11-8-7-9-12-19)23-25-21(26-31-23)18-28(6)16-15-27(4)5/h19-20H,7-18H2,1-6H3/t20-/m1/s1. The van der Waals surface area contributed by atoms with E-state index in [1.807, 2.05) is 20.8 Å². The molecule has 0 N–H and O–H groups in total. The van der Waals surface area contributed by atoms with Crippen molar-refractivity contribution in [2.75, 3.05) is 34.2 Å². The number of aromatic nitrogens is 2. The lowest BCUT2D eigenvalue weighted by Gasteiger charge is -2.23. The van der Waals surface area contributed by atoms with Crippen molar-refractivity contribution in [3.05, 3.63) is 11.7 Å². The molecule has 0 aromatic carbocycles. The van der Waals surface area contributed by atoms with E-state index in [0.717, 1.165) is 31.8 Å². The summed E-state index contributed by atoms with van der Waals surface area (Å²) in [6.07, 6.45) is 10.3. The molecule has 1 atom stereocenters. The van der Waals surface area contributed by atoms with E-state index in [-0.39, 0.29) is 11.9 Å². The Hall–Kier alpha value is -1.47. The van der Waals surface area contributed by atoms with Gasteiger partial charge in [-0.2, -0.15) is 4.98 Å². The quantitative estimate of drug-likeness (QED) is 0.442. The Bertz CT molecular complexity index is 647. The van der Waals surface area contributed by atoms with Crippen molar-refractivity contribution in [2.45, 2.75) is 96.6 Å². The highest BCUT2D eigenvalue weighted by Crippen LogP contribution is 2.31. The van der Waals surface area contributed by atoms with Crippen molar-refractivity contribution >= 4 is 5.97 Å². The van der Waals surface area contributed by atoms with Gasteiger partial charge in [0.1, 0.15) is 5.60 Å². The van der Waals surface area contributed by atoms with Crippen LogP contribution in [0, 0.1) is 5.92 Å². The molecule has 0 radical (unpaired) electrons. The van der Waals surface area contributed by atoms with E-state index in [0.29, 0.717) is 24.7 Å². The van der Waals surface area contributed by atoms with Crippen molar-refractivity contribution in [3.63, 3.8) is 0 Å². The molecule has 2 rings (SSSR count). The Kier molecular flexibility index (Phi) is 10.4. The molecular formula is C24H44N4O3. The normalized spacial score (nSPS) is 16.8. The number of hydrogen-bond donors (Lipinski definition) is 0. The number of rotatable bonds is 12. The molecule has 0 amide bonds. The Morgan fingerprint density at radius 2 is 1.87 bits per heavy atom. The van der Waals surface area contributed by atoms with Gasteiger partial charge in [-0.05, 0) is 54.3 Å². The molecule has 0 aliphatic heterocycles. The number of esters is 1. The van der Waals surface area contributed by atoms with Crippen LogP contribution in [0.15, 0.2) is 4.52 Å². The minimum absolute atomic E-state index is 0.0771. The van der Waals surface area contributed by atoms with E-state index in [4.69, 9.17) is 9.26 Å². The second-order valence-corrected chi connectivity index (χ2v) is 10.5. The van der Waals surface area contributed by atoms with Crippen molar-refractivity contribution in [3.8, 4) is 0 Å². The van der Waals surface area contributed by atoms with Crippen LogP contribution in [0.2, 0.25) is 0 Å². The summed E-state index contributed by atoms with van der Waals surface area (Å²) in [5.74, 6) is 1.81. The summed E-state index contributed by atoms with van der Waals surface area (Å²) in [7, 11) is 6.19. The highest BCUT2D eigenvalue weighted by atomic mass is 16.6. The number of nitrogens with zero attached hydrogens (tertiary/aromatic N) is 4. The average molecular weight is 437 g/mol. The molecule has 0 saturated heterocycles. The molecule has 1 saturated carbocycles. The van der Waals surface area contributed by atoms with E-state index in [9.17, 15) is 4.79 Å². The van der Waals surface area contributed by atoms with E-state index < -0.39 is 5.60 Å². The fourth-order valence-corrected chi connectivity index (χ4v) is 4.21. The molecule has 0 unspecified atom stereocenters. The second kappa shape index (κ2) is 12.5. The van der Waals surface area contributed by atoms with E-state index >= 15 is 0 Å². The molecule has 1 heterocycles. The zero-order valence-electron chi connectivity index (χ0n) is 20.7. The molecule has 0 bridgehead atoms. The third-order valence-electron chi connectivity index (χ3n) is 5.90. The molecular weight excluding hydrogens is 392 g/mol. The lowest BCUT2D eigenvalue weighted by atomic mass is 9.84. The monoisotopic (exact) mass is 436 g/mol. The van der Waals surface area contributed by atoms with Crippen LogP contribution in [0.1, 0.15) is 96.2 Å². The molecule has 1 aliphatic carbocycles.